The van der Waals surface area contributed by atoms with Gasteiger partial charge in [-0.2, -0.15) is 4.57 Å². The number of pyridine rings is 1. The van der Waals surface area contributed by atoms with Gasteiger partial charge in [0.05, 0.1) is 10.1 Å². The topological polar surface area (TPSA) is 61.1 Å². The Balaban J connectivity index is 0.000000252. The Hall–Kier alpha value is -0.650. The monoisotopic (exact) mass is 223 g/mol. The molecular formula is C7H10ClNO3S. The second kappa shape index (κ2) is 5.16. The summed E-state index contributed by atoms with van der Waals surface area (Å²) in [5.74, 6) is 0. The standard InChI is InChI=1S/C6H7ClN.CH4O3S/c1-8-5-3-2-4-6(8)7;1-5(2,3)4/h2-5H,1H3;1H3,(H,2,3,4)/q+1;/p-1. The third-order valence-electron chi connectivity index (χ3n) is 0.991. The zero-order valence-corrected chi connectivity index (χ0v) is 8.84. The number of hydrogen-bond acceptors (Lipinski definition) is 3. The van der Waals surface area contributed by atoms with E-state index in [1.54, 1.807) is 0 Å². The van der Waals surface area contributed by atoms with Crippen molar-refractivity contribution in [2.45, 2.75) is 0 Å². The third-order valence-corrected chi connectivity index (χ3v) is 1.38. The minimum Gasteiger partial charge on any atom is -0.748 e. The molecule has 0 aromatic carbocycles. The Morgan fingerprint density at radius 3 is 2.15 bits per heavy atom. The number of hydrogen-bond donors (Lipinski definition) is 0. The molecule has 0 bridgehead atoms. The first kappa shape index (κ1) is 12.3. The lowest BCUT2D eigenvalue weighted by molar-refractivity contribution is -0.669. The van der Waals surface area contributed by atoms with E-state index in [2.05, 4.69) is 0 Å². The molecule has 1 rings (SSSR count). The van der Waals surface area contributed by atoms with Crippen molar-refractivity contribution in [3.05, 3.63) is 29.5 Å². The molecule has 0 aliphatic rings. The average molecular weight is 224 g/mol. The van der Waals surface area contributed by atoms with Gasteiger partial charge in [0, 0.05) is 18.4 Å². The van der Waals surface area contributed by atoms with Crippen LogP contribution in [0.5, 0.6) is 0 Å². The maximum Gasteiger partial charge on any atom is 0.274 e. The zero-order valence-electron chi connectivity index (χ0n) is 7.27. The van der Waals surface area contributed by atoms with E-state index >= 15 is 0 Å². The van der Waals surface area contributed by atoms with Crippen molar-refractivity contribution < 1.29 is 17.5 Å². The van der Waals surface area contributed by atoms with Crippen LogP contribution in [0.2, 0.25) is 5.15 Å². The summed E-state index contributed by atoms with van der Waals surface area (Å²) in [6.07, 6.45) is 2.51. The van der Waals surface area contributed by atoms with E-state index in [0.29, 0.717) is 6.26 Å². The Bertz CT molecular complexity index is 335. The van der Waals surface area contributed by atoms with Crippen LogP contribution in [-0.2, 0) is 17.2 Å². The number of aromatic nitrogens is 1. The molecule has 0 amide bonds. The van der Waals surface area contributed by atoms with Crippen LogP contribution in [-0.4, -0.2) is 19.2 Å². The minimum absolute atomic E-state index is 0.604. The van der Waals surface area contributed by atoms with Gasteiger partial charge in [0.1, 0.15) is 7.05 Å². The highest BCUT2D eigenvalue weighted by Crippen LogP contribution is 1.95. The van der Waals surface area contributed by atoms with E-state index in [4.69, 9.17) is 24.6 Å². The summed E-state index contributed by atoms with van der Waals surface area (Å²) in [7, 11) is -2.01. The Kier molecular flexibility index (Phi) is 4.90. The van der Waals surface area contributed by atoms with E-state index in [0.717, 1.165) is 5.15 Å². The van der Waals surface area contributed by atoms with Crippen LogP contribution in [0.4, 0.5) is 0 Å². The SMILES string of the molecule is CS(=O)(=O)[O-].C[n+]1ccccc1Cl. The van der Waals surface area contributed by atoms with Crippen LogP contribution in [0.1, 0.15) is 0 Å². The van der Waals surface area contributed by atoms with Gasteiger partial charge in [-0.05, 0) is 17.7 Å². The first-order valence-electron chi connectivity index (χ1n) is 3.31. The molecule has 0 saturated carbocycles. The van der Waals surface area contributed by atoms with Crippen molar-refractivity contribution in [2.24, 2.45) is 7.05 Å². The second-order valence-corrected chi connectivity index (χ2v) is 4.13. The van der Waals surface area contributed by atoms with E-state index in [1.165, 1.54) is 0 Å². The molecule has 1 aromatic heterocycles. The van der Waals surface area contributed by atoms with Crippen molar-refractivity contribution >= 4 is 21.7 Å². The lowest BCUT2D eigenvalue weighted by Crippen LogP contribution is -2.27. The van der Waals surface area contributed by atoms with Gasteiger partial charge in [-0.25, -0.2) is 8.42 Å². The summed E-state index contributed by atoms with van der Waals surface area (Å²) >= 11 is 5.67. The highest BCUT2D eigenvalue weighted by Gasteiger charge is 1.94. The largest absolute Gasteiger partial charge is 0.748 e. The van der Waals surface area contributed by atoms with Gasteiger partial charge >= 0.3 is 0 Å². The maximum absolute atomic E-state index is 9.08. The van der Waals surface area contributed by atoms with Crippen LogP contribution in [0.3, 0.4) is 0 Å². The number of nitrogens with zero attached hydrogens (tertiary/aromatic N) is 1. The summed E-state index contributed by atoms with van der Waals surface area (Å²) in [4.78, 5) is 0. The molecule has 0 N–H and O–H groups in total. The average Bonchev–Trinajstić information content (AvgIpc) is 1.92. The van der Waals surface area contributed by atoms with Gasteiger partial charge in [0.15, 0.2) is 6.20 Å². The number of halogens is 1. The van der Waals surface area contributed by atoms with Crippen LogP contribution in [0.25, 0.3) is 0 Å². The molecule has 0 saturated heterocycles. The van der Waals surface area contributed by atoms with Crippen LogP contribution < -0.4 is 4.57 Å². The van der Waals surface area contributed by atoms with Crippen molar-refractivity contribution in [1.82, 2.24) is 0 Å². The van der Waals surface area contributed by atoms with Gasteiger partial charge in [-0.3, -0.25) is 0 Å². The first-order chi connectivity index (χ1) is 5.80. The number of aryl methyl sites for hydroxylation is 1. The second-order valence-electron chi connectivity index (χ2n) is 2.34. The van der Waals surface area contributed by atoms with Crippen molar-refractivity contribution in [1.29, 1.82) is 0 Å². The van der Waals surface area contributed by atoms with Crippen molar-refractivity contribution in [3.8, 4) is 0 Å². The zero-order chi connectivity index (χ0) is 10.5. The van der Waals surface area contributed by atoms with E-state index in [-0.39, 0.29) is 0 Å². The fraction of sp³-hybridized carbons (Fsp3) is 0.286. The molecule has 74 valence electrons. The lowest BCUT2D eigenvalue weighted by Gasteiger charge is -1.90. The van der Waals surface area contributed by atoms with Crippen LogP contribution in [0.15, 0.2) is 24.4 Å². The summed E-state index contributed by atoms with van der Waals surface area (Å²) in [6, 6.07) is 5.69. The fourth-order valence-corrected chi connectivity index (χ4v) is 0.632. The Morgan fingerprint density at radius 2 is 1.92 bits per heavy atom. The Labute approximate surface area is 82.5 Å². The highest BCUT2D eigenvalue weighted by molar-refractivity contribution is 7.84. The summed E-state index contributed by atoms with van der Waals surface area (Å²) in [5, 5.41) is 0.757. The molecule has 0 unspecified atom stereocenters. The molecule has 13 heavy (non-hydrogen) atoms. The van der Waals surface area contributed by atoms with Crippen molar-refractivity contribution in [2.75, 3.05) is 6.26 Å². The minimum atomic E-state index is -3.92. The predicted molar refractivity (Wildman–Crippen MR) is 48.2 cm³/mol. The van der Waals surface area contributed by atoms with Gasteiger partial charge in [-0.1, -0.05) is 0 Å². The van der Waals surface area contributed by atoms with Crippen LogP contribution in [0, 0.1) is 0 Å². The highest BCUT2D eigenvalue weighted by atomic mass is 35.5. The van der Waals surface area contributed by atoms with Gasteiger partial charge < -0.3 is 4.55 Å². The first-order valence-corrected chi connectivity index (χ1v) is 5.51. The van der Waals surface area contributed by atoms with E-state index in [1.807, 2.05) is 36.0 Å². The normalized spacial score (nSPS) is 10.2. The fourth-order valence-electron chi connectivity index (χ4n) is 0.503. The molecule has 0 radical (unpaired) electrons. The molecule has 1 heterocycles. The van der Waals surface area contributed by atoms with E-state index in [9.17, 15) is 0 Å². The van der Waals surface area contributed by atoms with Gasteiger partial charge in [0.25, 0.3) is 5.15 Å². The molecule has 6 heteroatoms. The maximum atomic E-state index is 9.08. The third kappa shape index (κ3) is 9.26. The molecule has 4 nitrogen and oxygen atoms in total. The van der Waals surface area contributed by atoms with E-state index < -0.39 is 10.1 Å². The number of rotatable bonds is 0. The molecular weight excluding hydrogens is 214 g/mol. The molecule has 0 atom stereocenters. The summed E-state index contributed by atoms with van der Waals surface area (Å²) in [6.45, 7) is 0. The molecule has 0 spiro atoms. The molecule has 0 aliphatic heterocycles. The molecule has 0 aliphatic carbocycles. The smallest absolute Gasteiger partial charge is 0.274 e. The van der Waals surface area contributed by atoms with Crippen LogP contribution >= 0.6 is 11.6 Å². The van der Waals surface area contributed by atoms with Gasteiger partial charge in [-0.15, -0.1) is 0 Å². The van der Waals surface area contributed by atoms with Gasteiger partial charge in [0.2, 0.25) is 0 Å². The molecule has 0 fully saturated rings. The quantitative estimate of drug-likeness (QED) is 0.362. The summed E-state index contributed by atoms with van der Waals surface area (Å²) in [5.41, 5.74) is 0. The summed E-state index contributed by atoms with van der Waals surface area (Å²) < 4.78 is 29.1. The lowest BCUT2D eigenvalue weighted by atomic mass is 10.5. The Morgan fingerprint density at radius 1 is 1.46 bits per heavy atom. The van der Waals surface area contributed by atoms with Crippen molar-refractivity contribution in [3.63, 3.8) is 0 Å². The predicted octanol–water partition coefficient (Wildman–Crippen LogP) is 0.326. The molecule has 1 aromatic rings.